The monoisotopic (exact) mass is 839 g/mol. The Morgan fingerprint density at radius 1 is 0.786 bits per heavy atom. The van der Waals surface area contributed by atoms with E-state index in [4.69, 9.17) is 14.6 Å². The summed E-state index contributed by atoms with van der Waals surface area (Å²) in [6.45, 7) is 5.31. The van der Waals surface area contributed by atoms with Crippen LogP contribution in [0.15, 0.2) is 82.3 Å². The van der Waals surface area contributed by atoms with Crippen LogP contribution in [0.1, 0.15) is 69.9 Å². The Labute approximate surface area is 329 Å². The predicted octanol–water partition coefficient (Wildman–Crippen LogP) is 5.31. The van der Waals surface area contributed by atoms with Gasteiger partial charge >= 0.3 is 5.97 Å². The normalized spacial score (nSPS) is 20.8. The Morgan fingerprint density at radius 2 is 1.43 bits per heavy atom. The number of fused-ring (bicyclic) bond motifs is 2. The second kappa shape index (κ2) is 18.2. The zero-order valence-corrected chi connectivity index (χ0v) is 34.4. The zero-order chi connectivity index (χ0) is 41.5. The lowest BCUT2D eigenvalue weighted by molar-refractivity contribution is -0.441. The number of anilines is 1. The molecule has 308 valence electrons. The number of carboxylic acids is 1. The molecule has 2 aliphatic heterocycles. The van der Waals surface area contributed by atoms with Gasteiger partial charge in [0.1, 0.15) is 6.61 Å². The van der Waals surface area contributed by atoms with Gasteiger partial charge in [0.2, 0.25) is 5.69 Å². The van der Waals surface area contributed by atoms with Crippen LogP contribution in [0.5, 0.6) is 0 Å². The number of hydrogen-bond acceptors (Lipinski definition) is 10. The third-order valence-electron chi connectivity index (χ3n) is 10.4. The standard InChI is InChI=1S/C38H50N2O13S3/c1-37(19-11-25-54(43,44)45)30-26-28(55(46,47)48)16-18-33(30)40(22-24-53-4)34(37)12-7-5-8-13-35-38(2,20-23-52-3)31-27-29(56(49,50)51)15-17-32(31)39(35)21-10-6-9-14-36(41)42/h5,7-8,12-13,15-18,26-27H,6,9-11,14,19-25H2,1-4H3,(H3-,41,42,43,44,45,46,47,48,49,50,51)/p+1. The van der Waals surface area contributed by atoms with E-state index in [-0.39, 0.29) is 29.1 Å². The lowest BCUT2D eigenvalue weighted by atomic mass is 9.76. The van der Waals surface area contributed by atoms with E-state index in [0.29, 0.717) is 74.5 Å². The minimum absolute atomic E-state index is 0.0475. The van der Waals surface area contributed by atoms with Crippen molar-refractivity contribution >= 4 is 53.4 Å². The molecule has 2 unspecified atom stereocenters. The van der Waals surface area contributed by atoms with Gasteiger partial charge in [0.05, 0.1) is 21.0 Å². The van der Waals surface area contributed by atoms with Crippen LogP contribution in [-0.4, -0.2) is 107 Å². The second-order valence-corrected chi connectivity index (χ2v) is 18.7. The van der Waals surface area contributed by atoms with E-state index in [9.17, 15) is 43.7 Å². The number of allylic oxidation sites excluding steroid dienone is 6. The summed E-state index contributed by atoms with van der Waals surface area (Å²) < 4.78 is 114. The summed E-state index contributed by atoms with van der Waals surface area (Å²) in [5, 5.41) is 9.10. The first-order chi connectivity index (χ1) is 26.2. The van der Waals surface area contributed by atoms with Gasteiger partial charge < -0.3 is 19.5 Å². The molecule has 56 heavy (non-hydrogen) atoms. The quantitative estimate of drug-likeness (QED) is 0.0542. The average Bonchev–Trinajstić information content (AvgIpc) is 3.47. The first kappa shape index (κ1) is 45.0. The van der Waals surface area contributed by atoms with E-state index in [2.05, 4.69) is 4.90 Å². The van der Waals surface area contributed by atoms with Crippen molar-refractivity contribution in [3.8, 4) is 0 Å². The summed E-state index contributed by atoms with van der Waals surface area (Å²) in [7, 11) is -10.2. The van der Waals surface area contributed by atoms with Crippen LogP contribution in [-0.2, 0) is 55.5 Å². The van der Waals surface area contributed by atoms with E-state index in [1.165, 1.54) is 24.3 Å². The van der Waals surface area contributed by atoms with E-state index in [0.717, 1.165) is 11.4 Å². The summed E-state index contributed by atoms with van der Waals surface area (Å²) in [5.74, 6) is -1.38. The third-order valence-corrected chi connectivity index (χ3v) is 12.9. The molecule has 0 radical (unpaired) electrons. The summed E-state index contributed by atoms with van der Waals surface area (Å²) >= 11 is 0. The van der Waals surface area contributed by atoms with Gasteiger partial charge in [-0.1, -0.05) is 24.6 Å². The minimum atomic E-state index is -4.57. The van der Waals surface area contributed by atoms with Gasteiger partial charge in [0.15, 0.2) is 12.3 Å². The molecule has 0 aromatic heterocycles. The van der Waals surface area contributed by atoms with Crippen molar-refractivity contribution in [3.05, 3.63) is 83.6 Å². The fourth-order valence-corrected chi connectivity index (χ4v) is 9.09. The summed E-state index contributed by atoms with van der Waals surface area (Å²) in [5.41, 5.74) is 2.45. The zero-order valence-electron chi connectivity index (χ0n) is 31.9. The van der Waals surface area contributed by atoms with Crippen molar-refractivity contribution in [3.63, 3.8) is 0 Å². The van der Waals surface area contributed by atoms with Gasteiger partial charge in [0.25, 0.3) is 30.4 Å². The lowest BCUT2D eigenvalue weighted by Gasteiger charge is -2.30. The van der Waals surface area contributed by atoms with Crippen molar-refractivity contribution in [1.29, 1.82) is 0 Å². The fraction of sp³-hybridized carbons (Fsp3) is 0.474. The number of nitrogens with zero attached hydrogens (tertiary/aromatic N) is 2. The highest BCUT2D eigenvalue weighted by Gasteiger charge is 2.48. The predicted molar refractivity (Wildman–Crippen MR) is 211 cm³/mol. The smallest absolute Gasteiger partial charge is 0.303 e. The molecular weight excluding hydrogens is 789 g/mol. The first-order valence-electron chi connectivity index (χ1n) is 18.0. The third kappa shape index (κ3) is 10.6. The summed E-state index contributed by atoms with van der Waals surface area (Å²) in [4.78, 5) is 12.6. The Morgan fingerprint density at radius 3 is 2.04 bits per heavy atom. The molecule has 2 aromatic carbocycles. The van der Waals surface area contributed by atoms with E-state index in [1.54, 1.807) is 38.5 Å². The molecule has 0 bridgehead atoms. The summed E-state index contributed by atoms with van der Waals surface area (Å²) in [6, 6.07) is 8.73. The van der Waals surface area contributed by atoms with Crippen molar-refractivity contribution in [2.45, 2.75) is 79.4 Å². The van der Waals surface area contributed by atoms with Crippen LogP contribution in [0.2, 0.25) is 0 Å². The van der Waals surface area contributed by atoms with Gasteiger partial charge in [-0.3, -0.25) is 18.5 Å². The van der Waals surface area contributed by atoms with Crippen molar-refractivity contribution in [2.24, 2.45) is 0 Å². The molecular formula is C38H51N2O13S3+. The number of benzene rings is 2. The molecule has 0 amide bonds. The van der Waals surface area contributed by atoms with Crippen molar-refractivity contribution in [2.75, 3.05) is 51.2 Å². The van der Waals surface area contributed by atoms with Crippen molar-refractivity contribution in [1.82, 2.24) is 0 Å². The number of hydrogen-bond donors (Lipinski definition) is 4. The number of unbranched alkanes of at least 4 members (excludes halogenated alkanes) is 2. The molecule has 2 aliphatic rings. The van der Waals surface area contributed by atoms with Crippen LogP contribution in [0.3, 0.4) is 0 Å². The maximum absolute atomic E-state index is 12.2. The molecule has 0 spiro atoms. The van der Waals surface area contributed by atoms with E-state index >= 15 is 0 Å². The molecule has 0 fully saturated rings. The Kier molecular flexibility index (Phi) is 14.6. The number of ether oxygens (including phenoxy) is 2. The number of aliphatic carboxylic acids is 1. The van der Waals surface area contributed by atoms with Crippen LogP contribution in [0.25, 0.3) is 0 Å². The lowest BCUT2D eigenvalue weighted by Crippen LogP contribution is -2.32. The largest absolute Gasteiger partial charge is 0.481 e. The topological polar surface area (TPSA) is 225 Å². The fourth-order valence-electron chi connectivity index (χ4n) is 7.57. The van der Waals surface area contributed by atoms with Gasteiger partial charge in [0, 0.05) is 68.3 Å². The molecule has 0 saturated carbocycles. The molecule has 4 rings (SSSR count). The van der Waals surface area contributed by atoms with Crippen molar-refractivity contribution < 1.29 is 62.9 Å². The van der Waals surface area contributed by atoms with Gasteiger partial charge in [-0.25, -0.2) is 0 Å². The Balaban J connectivity index is 1.79. The number of carbonyl (C=O) groups is 1. The minimum Gasteiger partial charge on any atom is -0.481 e. The number of methoxy groups -OCH3 is 2. The maximum Gasteiger partial charge on any atom is 0.303 e. The highest BCUT2D eigenvalue weighted by Crippen LogP contribution is 2.51. The molecule has 0 saturated heterocycles. The molecule has 0 aliphatic carbocycles. The Hall–Kier alpha value is -3.75. The molecule has 2 aromatic rings. The molecule has 15 nitrogen and oxygen atoms in total. The van der Waals surface area contributed by atoms with Crippen LogP contribution < -0.4 is 4.90 Å². The van der Waals surface area contributed by atoms with E-state index < -0.39 is 52.9 Å². The van der Waals surface area contributed by atoms with Gasteiger partial charge in [-0.2, -0.15) is 29.8 Å². The van der Waals surface area contributed by atoms with Crippen LogP contribution in [0.4, 0.5) is 11.4 Å². The first-order valence-corrected chi connectivity index (χ1v) is 22.5. The maximum atomic E-state index is 12.2. The second-order valence-electron chi connectivity index (χ2n) is 14.3. The Bertz CT molecular complexity index is 2250. The van der Waals surface area contributed by atoms with Gasteiger partial charge in [-0.05, 0) is 87.9 Å². The highest BCUT2D eigenvalue weighted by molar-refractivity contribution is 7.86. The average molecular weight is 840 g/mol. The SMILES string of the molecule is COCC[N+]1=C(C=CC=CC=C2N(CCCCCC(=O)O)c3ccc(S(=O)(=O)O)cc3C2(C)CCOC)C(C)(CCCS(=O)(=O)O)c2cc(S(=O)(=O)O)ccc21. The molecule has 18 heteroatoms. The highest BCUT2D eigenvalue weighted by atomic mass is 32.2. The molecule has 4 N–H and O–H groups in total. The van der Waals surface area contributed by atoms with E-state index in [1.807, 2.05) is 36.7 Å². The number of rotatable bonds is 21. The van der Waals surface area contributed by atoms with Crippen LogP contribution in [0, 0.1) is 0 Å². The molecule has 2 atom stereocenters. The van der Waals surface area contributed by atoms with Gasteiger partial charge in [-0.15, -0.1) is 0 Å². The van der Waals surface area contributed by atoms with Crippen LogP contribution >= 0.6 is 0 Å². The molecule has 2 heterocycles. The summed E-state index contributed by atoms with van der Waals surface area (Å²) in [6.07, 6.45) is 11.7. The number of carboxylic acid groups (broad SMARTS) is 1.